The van der Waals surface area contributed by atoms with Crippen LogP contribution in [-0.4, -0.2) is 51.3 Å². The number of nitrogens with one attached hydrogen (secondary N) is 1. The molecule has 7 nitrogen and oxygen atoms in total. The maximum absolute atomic E-state index is 12.2. The molecule has 0 unspecified atom stereocenters. The summed E-state index contributed by atoms with van der Waals surface area (Å²) >= 11 is 0. The van der Waals surface area contributed by atoms with Gasteiger partial charge in [0.05, 0.1) is 10.5 Å². The van der Waals surface area contributed by atoms with E-state index in [4.69, 9.17) is 4.74 Å². The summed E-state index contributed by atoms with van der Waals surface area (Å²) in [5, 5.41) is 2.94. The molecule has 3 atom stereocenters. The molecule has 0 spiro atoms. The lowest BCUT2D eigenvalue weighted by Crippen LogP contribution is -2.45. The maximum atomic E-state index is 12.2. The van der Waals surface area contributed by atoms with Gasteiger partial charge in [-0.15, -0.1) is 0 Å². The molecular weight excluding hydrogens is 368 g/mol. The summed E-state index contributed by atoms with van der Waals surface area (Å²) in [6, 6.07) is 5.68. The quantitative estimate of drug-likeness (QED) is 0.743. The number of carbonyl (C=O) groups is 2. The smallest absolute Gasteiger partial charge is 0.338 e. The zero-order chi connectivity index (χ0) is 20.2. The number of sulfonamides is 1. The van der Waals surface area contributed by atoms with Gasteiger partial charge in [-0.05, 0) is 36.5 Å². The van der Waals surface area contributed by atoms with Crippen LogP contribution in [0.25, 0.3) is 0 Å². The fourth-order valence-electron chi connectivity index (χ4n) is 3.24. The number of nitrogens with zero attached hydrogens (tertiary/aromatic N) is 1. The third kappa shape index (κ3) is 5.29. The summed E-state index contributed by atoms with van der Waals surface area (Å²) < 4.78 is 30.5. The van der Waals surface area contributed by atoms with Crippen LogP contribution in [0.3, 0.4) is 0 Å². The average molecular weight is 397 g/mol. The molecule has 1 saturated carbocycles. The van der Waals surface area contributed by atoms with Crippen molar-refractivity contribution < 1.29 is 22.7 Å². The molecule has 0 heterocycles. The Kier molecular flexibility index (Phi) is 7.00. The van der Waals surface area contributed by atoms with Gasteiger partial charge >= 0.3 is 5.97 Å². The van der Waals surface area contributed by atoms with E-state index in [0.717, 1.165) is 23.6 Å². The zero-order valence-electron chi connectivity index (χ0n) is 16.3. The first-order valence-electron chi connectivity index (χ1n) is 9.12. The molecule has 1 aromatic carbocycles. The predicted octanol–water partition coefficient (Wildman–Crippen LogP) is 2.03. The van der Waals surface area contributed by atoms with Crippen molar-refractivity contribution in [1.29, 1.82) is 0 Å². The van der Waals surface area contributed by atoms with Gasteiger partial charge in [0.25, 0.3) is 5.91 Å². The highest BCUT2D eigenvalue weighted by atomic mass is 32.2. The summed E-state index contributed by atoms with van der Waals surface area (Å²) in [6.45, 7) is 3.91. The molecule has 2 rings (SSSR count). The first-order valence-corrected chi connectivity index (χ1v) is 10.6. The minimum Gasteiger partial charge on any atom is -0.452 e. The molecule has 0 radical (unpaired) electrons. The van der Waals surface area contributed by atoms with Crippen LogP contribution >= 0.6 is 0 Å². The zero-order valence-corrected chi connectivity index (χ0v) is 17.1. The molecular formula is C19H28N2O5S. The van der Waals surface area contributed by atoms with Crippen LogP contribution < -0.4 is 5.32 Å². The minimum atomic E-state index is -3.65. The third-order valence-corrected chi connectivity index (χ3v) is 7.05. The van der Waals surface area contributed by atoms with Crippen molar-refractivity contribution in [2.45, 2.75) is 44.0 Å². The van der Waals surface area contributed by atoms with Gasteiger partial charge < -0.3 is 10.1 Å². The van der Waals surface area contributed by atoms with E-state index < -0.39 is 16.0 Å². The average Bonchev–Trinajstić information content (AvgIpc) is 2.63. The van der Waals surface area contributed by atoms with Crippen molar-refractivity contribution in [2.75, 3.05) is 20.7 Å². The fraction of sp³-hybridized carbons (Fsp3) is 0.579. The van der Waals surface area contributed by atoms with Crippen LogP contribution in [0.1, 0.15) is 43.5 Å². The minimum absolute atomic E-state index is 0.00332. The lowest BCUT2D eigenvalue weighted by molar-refractivity contribution is -0.125. The Morgan fingerprint density at radius 2 is 1.93 bits per heavy atom. The van der Waals surface area contributed by atoms with E-state index in [1.54, 1.807) is 0 Å². The van der Waals surface area contributed by atoms with Crippen molar-refractivity contribution >= 4 is 21.9 Å². The number of hydrogen-bond donors (Lipinski definition) is 1. The number of rotatable bonds is 6. The van der Waals surface area contributed by atoms with E-state index in [-0.39, 0.29) is 29.0 Å². The third-order valence-electron chi connectivity index (χ3n) is 5.24. The van der Waals surface area contributed by atoms with Gasteiger partial charge in [-0.1, -0.05) is 32.8 Å². The second kappa shape index (κ2) is 8.84. The number of hydrogen-bond acceptors (Lipinski definition) is 5. The molecule has 1 aliphatic rings. The topological polar surface area (TPSA) is 92.8 Å². The van der Waals surface area contributed by atoms with Gasteiger partial charge in [0, 0.05) is 20.1 Å². The van der Waals surface area contributed by atoms with Crippen LogP contribution in [0.5, 0.6) is 0 Å². The molecule has 150 valence electrons. The fourth-order valence-corrected chi connectivity index (χ4v) is 4.19. The molecule has 0 saturated heterocycles. The van der Waals surface area contributed by atoms with Crippen molar-refractivity contribution in [2.24, 2.45) is 11.8 Å². The van der Waals surface area contributed by atoms with Gasteiger partial charge in [0.1, 0.15) is 0 Å². The lowest BCUT2D eigenvalue weighted by Gasteiger charge is -2.34. The van der Waals surface area contributed by atoms with Gasteiger partial charge in [-0.3, -0.25) is 4.79 Å². The highest BCUT2D eigenvalue weighted by molar-refractivity contribution is 7.89. The van der Waals surface area contributed by atoms with Crippen LogP contribution in [0.15, 0.2) is 29.2 Å². The molecule has 1 fully saturated rings. The van der Waals surface area contributed by atoms with Crippen molar-refractivity contribution in [3.63, 3.8) is 0 Å². The Hall–Kier alpha value is -1.93. The number of amides is 1. The van der Waals surface area contributed by atoms with E-state index in [0.29, 0.717) is 11.8 Å². The number of carbonyl (C=O) groups excluding carboxylic acids is 2. The molecule has 1 amide bonds. The van der Waals surface area contributed by atoms with E-state index in [9.17, 15) is 18.0 Å². The Labute approximate surface area is 161 Å². The van der Waals surface area contributed by atoms with E-state index in [1.165, 1.54) is 38.4 Å². The standard InChI is InChI=1S/C19H28N2O5S/c1-13-7-5-10-17(14(13)2)20-18(22)12-26-19(23)15-8-6-9-16(11-15)27(24,25)21(3)4/h6,8-9,11,13-14,17H,5,7,10,12H2,1-4H3,(H,20,22)/t13-,14-,17-/m1/s1. The summed E-state index contributed by atoms with van der Waals surface area (Å²) in [5.74, 6) is -0.142. The second-order valence-corrected chi connectivity index (χ2v) is 9.48. The Morgan fingerprint density at radius 3 is 2.59 bits per heavy atom. The second-order valence-electron chi connectivity index (χ2n) is 7.33. The van der Waals surface area contributed by atoms with E-state index >= 15 is 0 Å². The Balaban J connectivity index is 1.95. The molecule has 1 aliphatic carbocycles. The molecule has 27 heavy (non-hydrogen) atoms. The Morgan fingerprint density at radius 1 is 1.22 bits per heavy atom. The van der Waals surface area contributed by atoms with Gasteiger partial charge in [-0.2, -0.15) is 0 Å². The van der Waals surface area contributed by atoms with Crippen molar-refractivity contribution in [3.8, 4) is 0 Å². The largest absolute Gasteiger partial charge is 0.452 e. The van der Waals surface area contributed by atoms with Gasteiger partial charge in [-0.25, -0.2) is 17.5 Å². The summed E-state index contributed by atoms with van der Waals surface area (Å²) in [6.07, 6.45) is 3.16. The number of ether oxygens (including phenoxy) is 1. The highest BCUT2D eigenvalue weighted by Crippen LogP contribution is 2.29. The summed E-state index contributed by atoms with van der Waals surface area (Å²) in [4.78, 5) is 24.3. The van der Waals surface area contributed by atoms with Crippen LogP contribution in [0, 0.1) is 11.8 Å². The van der Waals surface area contributed by atoms with E-state index in [2.05, 4.69) is 19.2 Å². The molecule has 0 aliphatic heterocycles. The van der Waals surface area contributed by atoms with Crippen molar-refractivity contribution in [1.82, 2.24) is 9.62 Å². The van der Waals surface area contributed by atoms with Crippen LogP contribution in [0.4, 0.5) is 0 Å². The van der Waals surface area contributed by atoms with E-state index in [1.807, 2.05) is 0 Å². The van der Waals surface area contributed by atoms with Crippen LogP contribution in [0.2, 0.25) is 0 Å². The first-order chi connectivity index (χ1) is 12.6. The molecule has 0 bridgehead atoms. The number of esters is 1. The highest BCUT2D eigenvalue weighted by Gasteiger charge is 2.28. The maximum Gasteiger partial charge on any atom is 0.338 e. The molecule has 0 aromatic heterocycles. The normalized spacial score (nSPS) is 23.1. The SMILES string of the molecule is C[C@@H]1[C@H](C)CCC[C@H]1NC(=O)COC(=O)c1cccc(S(=O)(=O)N(C)C)c1. The van der Waals surface area contributed by atoms with Crippen molar-refractivity contribution in [3.05, 3.63) is 29.8 Å². The predicted molar refractivity (Wildman–Crippen MR) is 102 cm³/mol. The summed E-state index contributed by atoms with van der Waals surface area (Å²) in [7, 11) is -0.820. The molecule has 8 heteroatoms. The number of benzene rings is 1. The molecule has 1 N–H and O–H groups in total. The first kappa shape index (κ1) is 21.4. The van der Waals surface area contributed by atoms with Gasteiger partial charge in [0.15, 0.2) is 6.61 Å². The Bertz CT molecular complexity index is 791. The van der Waals surface area contributed by atoms with Crippen LogP contribution in [-0.2, 0) is 19.6 Å². The summed E-state index contributed by atoms with van der Waals surface area (Å²) in [5.41, 5.74) is 0.0883. The van der Waals surface area contributed by atoms with Gasteiger partial charge in [0.2, 0.25) is 10.0 Å². The lowest BCUT2D eigenvalue weighted by atomic mass is 9.78. The molecule has 1 aromatic rings. The monoisotopic (exact) mass is 396 g/mol.